The molecule has 0 unspecified atom stereocenters. The second-order valence-corrected chi connectivity index (χ2v) is 22.0. The van der Waals surface area contributed by atoms with Gasteiger partial charge in [0, 0.05) is 12.8 Å². The summed E-state index contributed by atoms with van der Waals surface area (Å²) in [6, 6.07) is 53.9. The quantitative estimate of drug-likeness (QED) is 0.0419. The van der Waals surface area contributed by atoms with Crippen LogP contribution in [0.3, 0.4) is 0 Å². The minimum atomic E-state index is -6.42. The molecule has 6 aromatic carbocycles. The molecule has 0 aromatic heterocycles. The van der Waals surface area contributed by atoms with Crippen LogP contribution >= 0.6 is 0 Å². The van der Waals surface area contributed by atoms with Crippen molar-refractivity contribution in [3.8, 4) is 5.75 Å². The predicted molar refractivity (Wildman–Crippen MR) is 287 cm³/mol. The molecule has 10 rings (SSSR count). The van der Waals surface area contributed by atoms with Crippen LogP contribution in [0.2, 0.25) is 0 Å². The van der Waals surface area contributed by atoms with Gasteiger partial charge in [-0.3, -0.25) is 4.18 Å². The van der Waals surface area contributed by atoms with Crippen molar-refractivity contribution in [2.45, 2.75) is 150 Å². The molecular weight excluding hydrogens is 1060 g/mol. The molecule has 2 aliphatic heterocycles. The van der Waals surface area contributed by atoms with Gasteiger partial charge < -0.3 is 52.1 Å². The number of hydrogen-bond donors (Lipinski definition) is 0. The van der Waals surface area contributed by atoms with E-state index in [9.17, 15) is 21.6 Å². The van der Waals surface area contributed by atoms with Crippen LogP contribution in [0.1, 0.15) is 65.5 Å². The molecule has 18 heteroatoms. The molecule has 2 saturated carbocycles. The Morgan fingerprint density at radius 3 is 1.31 bits per heavy atom. The molecule has 0 amide bonds. The number of alkyl halides is 3. The molecule has 2 heterocycles. The summed E-state index contributed by atoms with van der Waals surface area (Å²) in [6.07, 6.45) is -11.1. The molecular formula is C62H67F3O14S. The number of benzene rings is 6. The van der Waals surface area contributed by atoms with Gasteiger partial charge in [0.15, 0.2) is 18.2 Å². The van der Waals surface area contributed by atoms with E-state index >= 15 is 0 Å². The lowest BCUT2D eigenvalue weighted by atomic mass is 9.84. The Kier molecular flexibility index (Phi) is 19.5. The highest BCUT2D eigenvalue weighted by Gasteiger charge is 2.64. The number of methoxy groups -OCH3 is 1. The predicted octanol–water partition coefficient (Wildman–Crippen LogP) is 10.9. The highest BCUT2D eigenvalue weighted by molar-refractivity contribution is 7.87. The van der Waals surface area contributed by atoms with Gasteiger partial charge in [-0.1, -0.05) is 170 Å². The molecule has 6 aromatic rings. The van der Waals surface area contributed by atoms with Crippen molar-refractivity contribution in [3.63, 3.8) is 0 Å². The second-order valence-electron chi connectivity index (χ2n) is 20.4. The highest BCUT2D eigenvalue weighted by atomic mass is 32.2. The van der Waals surface area contributed by atoms with Gasteiger partial charge in [0.05, 0.1) is 53.4 Å². The third-order valence-corrected chi connectivity index (χ3v) is 15.8. The number of fused-ring (bicyclic) bond motifs is 1. The summed E-state index contributed by atoms with van der Waals surface area (Å²) in [5.41, 5.74) is -1.28. The maximum atomic E-state index is 14.9. The normalized spacial score (nSPS) is 26.7. The SMILES string of the molecule is COc1ccc(CO[C@H]2[C@H](OCc3ccccc3)[C@H](OS(=O)(=O)C(F)(F)F)[C@@H](O[C@@H]3[C@@H](OCc4ccccc4)[C@H](OCc4ccccc4)[C@@H](OCc4ccccc4)[C@H]4OC5(CCCCC5)O[C@@H]34)O[C@@H]2COCc2ccccc2)cc1. The Morgan fingerprint density at radius 2 is 0.863 bits per heavy atom. The van der Waals surface area contributed by atoms with Crippen molar-refractivity contribution in [2.24, 2.45) is 0 Å². The number of rotatable bonds is 24. The first kappa shape index (κ1) is 57.6. The first-order valence-corrected chi connectivity index (χ1v) is 28.5. The molecule has 0 bridgehead atoms. The molecule has 426 valence electrons. The standard InChI is InChI=1S/C62H67F3O14S/c1-68-49-32-30-48(31-33-49)41-70-51-50(42-69-36-43-20-8-2-9-21-43)75-60(59(79-80(66,67)62(63,64)65)52(51)71-37-44-22-10-3-11-23-44)76-56-54(73-39-46-26-14-5-15-27-46)53(72-38-45-24-12-4-13-25-45)55(74-40-47-28-16-6-17-29-47)57-58(56)78-61(77-57)34-18-7-19-35-61/h2-6,8-17,20-33,50-60H,7,18-19,34-42H2,1H3/t50-,51-,52+,53+,54+,55-,56-,57-,58+,59+,60-/m1/s1. The van der Waals surface area contributed by atoms with Gasteiger partial charge in [-0.25, -0.2) is 0 Å². The van der Waals surface area contributed by atoms with Gasteiger partial charge in [0.2, 0.25) is 0 Å². The number of ether oxygens (including phenoxy) is 11. The van der Waals surface area contributed by atoms with Gasteiger partial charge in [-0.05, 0) is 58.4 Å². The monoisotopic (exact) mass is 1120 g/mol. The molecule has 0 N–H and O–H groups in total. The Labute approximate surface area is 465 Å². The summed E-state index contributed by atoms with van der Waals surface area (Å²) in [5, 5.41) is 0. The minimum absolute atomic E-state index is 0.0132. The molecule has 4 fully saturated rings. The summed E-state index contributed by atoms with van der Waals surface area (Å²) < 4.78 is 152. The fourth-order valence-corrected chi connectivity index (χ4v) is 11.4. The van der Waals surface area contributed by atoms with Crippen LogP contribution in [0.15, 0.2) is 176 Å². The van der Waals surface area contributed by atoms with Gasteiger partial charge in [0.1, 0.15) is 60.7 Å². The molecule has 11 atom stereocenters. The minimum Gasteiger partial charge on any atom is -0.497 e. The van der Waals surface area contributed by atoms with Crippen LogP contribution in [0.4, 0.5) is 13.2 Å². The fraction of sp³-hybridized carbons (Fsp3) is 0.419. The third kappa shape index (κ3) is 14.5. The maximum Gasteiger partial charge on any atom is 0.523 e. The largest absolute Gasteiger partial charge is 0.523 e. The summed E-state index contributed by atoms with van der Waals surface area (Å²) in [7, 11) is -4.88. The topological polar surface area (TPSA) is 145 Å². The first-order valence-electron chi connectivity index (χ1n) is 27.1. The van der Waals surface area contributed by atoms with Crippen molar-refractivity contribution in [2.75, 3.05) is 13.7 Å². The molecule has 4 aliphatic rings. The molecule has 0 radical (unpaired) electrons. The fourth-order valence-electron chi connectivity index (χ4n) is 10.8. The van der Waals surface area contributed by atoms with Crippen molar-refractivity contribution in [3.05, 3.63) is 209 Å². The van der Waals surface area contributed by atoms with Crippen LogP contribution in [0, 0.1) is 0 Å². The summed E-state index contributed by atoms with van der Waals surface area (Å²) >= 11 is 0. The Hall–Kier alpha value is -5.58. The van der Waals surface area contributed by atoms with Crippen LogP contribution < -0.4 is 4.74 Å². The smallest absolute Gasteiger partial charge is 0.497 e. The van der Waals surface area contributed by atoms with Crippen LogP contribution in [0.5, 0.6) is 5.75 Å². The van der Waals surface area contributed by atoms with E-state index in [2.05, 4.69) is 0 Å². The van der Waals surface area contributed by atoms with Crippen LogP contribution in [-0.2, 0) is 101 Å². The Bertz CT molecular complexity index is 2910. The molecule has 80 heavy (non-hydrogen) atoms. The zero-order chi connectivity index (χ0) is 55.4. The zero-order valence-electron chi connectivity index (χ0n) is 44.3. The van der Waals surface area contributed by atoms with Crippen molar-refractivity contribution in [1.29, 1.82) is 0 Å². The van der Waals surface area contributed by atoms with E-state index in [1.54, 1.807) is 54.6 Å². The average Bonchev–Trinajstić information content (AvgIpc) is 3.87. The maximum absolute atomic E-state index is 14.9. The van der Waals surface area contributed by atoms with Crippen LogP contribution in [-0.4, -0.2) is 101 Å². The van der Waals surface area contributed by atoms with Gasteiger partial charge in [-0.15, -0.1) is 0 Å². The lowest BCUT2D eigenvalue weighted by molar-refractivity contribution is -0.347. The Morgan fingerprint density at radius 1 is 0.475 bits per heavy atom. The summed E-state index contributed by atoms with van der Waals surface area (Å²) in [6.45, 7) is -0.213. The van der Waals surface area contributed by atoms with E-state index in [0.717, 1.165) is 41.5 Å². The van der Waals surface area contributed by atoms with Gasteiger partial charge in [0.25, 0.3) is 0 Å². The van der Waals surface area contributed by atoms with E-state index in [4.69, 9.17) is 56.3 Å². The first-order chi connectivity index (χ1) is 38.9. The lowest BCUT2D eigenvalue weighted by Crippen LogP contribution is -2.68. The molecule has 1 spiro atoms. The molecule has 2 aliphatic carbocycles. The van der Waals surface area contributed by atoms with Crippen LogP contribution in [0.25, 0.3) is 0 Å². The van der Waals surface area contributed by atoms with Gasteiger partial charge >= 0.3 is 15.6 Å². The van der Waals surface area contributed by atoms with E-state index in [-0.39, 0.29) is 46.2 Å². The number of halogens is 3. The van der Waals surface area contributed by atoms with Crippen molar-refractivity contribution >= 4 is 10.1 Å². The zero-order valence-corrected chi connectivity index (χ0v) is 45.2. The second kappa shape index (κ2) is 27.0. The van der Waals surface area contributed by atoms with Gasteiger partial charge in [-0.2, -0.15) is 21.6 Å². The molecule has 14 nitrogen and oxygen atoms in total. The summed E-state index contributed by atoms with van der Waals surface area (Å²) in [5.74, 6) is -0.527. The lowest BCUT2D eigenvalue weighted by Gasteiger charge is -2.50. The van der Waals surface area contributed by atoms with Crippen molar-refractivity contribution < 1.29 is 77.9 Å². The van der Waals surface area contributed by atoms with E-state index in [0.29, 0.717) is 29.7 Å². The number of hydrogen-bond acceptors (Lipinski definition) is 14. The van der Waals surface area contributed by atoms with E-state index in [1.807, 2.05) is 121 Å². The Balaban J connectivity index is 1.09. The highest BCUT2D eigenvalue weighted by Crippen LogP contribution is 2.49. The van der Waals surface area contributed by atoms with E-state index in [1.165, 1.54) is 7.11 Å². The third-order valence-electron chi connectivity index (χ3n) is 14.8. The summed E-state index contributed by atoms with van der Waals surface area (Å²) in [4.78, 5) is 0. The van der Waals surface area contributed by atoms with E-state index < -0.39 is 88.7 Å². The average molecular weight is 1130 g/mol. The molecule has 2 saturated heterocycles. The van der Waals surface area contributed by atoms with Crippen molar-refractivity contribution in [1.82, 2.24) is 0 Å².